The highest BCUT2D eigenvalue weighted by Crippen LogP contribution is 2.26. The molecule has 160 valence electrons. The lowest BCUT2D eigenvalue weighted by molar-refractivity contribution is 0.111. The van der Waals surface area contributed by atoms with Crippen molar-refractivity contribution >= 4 is 5.65 Å². The van der Waals surface area contributed by atoms with E-state index in [2.05, 4.69) is 21.1 Å². The van der Waals surface area contributed by atoms with Gasteiger partial charge in [0.25, 0.3) is 5.56 Å². The van der Waals surface area contributed by atoms with Crippen LogP contribution >= 0.6 is 0 Å². The first kappa shape index (κ1) is 20.2. The lowest BCUT2D eigenvalue weighted by atomic mass is 9.98. The predicted octanol–water partition coefficient (Wildman–Crippen LogP) is 3.98. The molecule has 0 bridgehead atoms. The fourth-order valence-corrected chi connectivity index (χ4v) is 4.40. The maximum absolute atomic E-state index is 12.9. The standard InChI is InChI=1S/C25H24N6O/c1-18(29-10-7-19(14-26)8-11-29)30-12-9-21(13-24(30)32)22-15-27-25-23(16-28-31(25)17-22)20-5-3-2-4-6-20/h2-6,9,12-13,15-19H,7-8,10-11H2,1H3. The van der Waals surface area contributed by atoms with Gasteiger partial charge in [-0.2, -0.15) is 10.4 Å². The minimum atomic E-state index is -0.0528. The highest BCUT2D eigenvalue weighted by molar-refractivity contribution is 5.77. The Balaban J connectivity index is 1.40. The van der Waals surface area contributed by atoms with E-state index in [1.807, 2.05) is 61.9 Å². The van der Waals surface area contributed by atoms with Gasteiger partial charge in [-0.1, -0.05) is 30.3 Å². The molecule has 1 atom stereocenters. The number of likely N-dealkylation sites (tertiary alicyclic amines) is 1. The number of nitriles is 1. The zero-order chi connectivity index (χ0) is 22.1. The Morgan fingerprint density at radius 2 is 1.84 bits per heavy atom. The zero-order valence-electron chi connectivity index (χ0n) is 17.9. The average molecular weight is 425 g/mol. The summed E-state index contributed by atoms with van der Waals surface area (Å²) in [7, 11) is 0. The molecule has 32 heavy (non-hydrogen) atoms. The summed E-state index contributed by atoms with van der Waals surface area (Å²) in [5.41, 5.74) is 4.42. The molecule has 1 aliphatic heterocycles. The summed E-state index contributed by atoms with van der Waals surface area (Å²) in [4.78, 5) is 19.8. The third kappa shape index (κ3) is 3.70. The minimum absolute atomic E-state index is 0.0451. The zero-order valence-corrected chi connectivity index (χ0v) is 17.9. The van der Waals surface area contributed by atoms with Crippen LogP contribution in [0.5, 0.6) is 0 Å². The molecule has 0 aliphatic carbocycles. The Bertz CT molecular complexity index is 1340. The molecule has 1 fully saturated rings. The number of rotatable bonds is 4. The Hall–Kier alpha value is -3.76. The molecule has 1 aliphatic rings. The summed E-state index contributed by atoms with van der Waals surface area (Å²) in [6.07, 6.45) is 9.03. The predicted molar refractivity (Wildman–Crippen MR) is 123 cm³/mol. The lowest BCUT2D eigenvalue weighted by Crippen LogP contribution is -2.40. The summed E-state index contributed by atoms with van der Waals surface area (Å²) in [5.74, 6) is 0.129. The maximum atomic E-state index is 12.9. The van der Waals surface area contributed by atoms with Crippen LogP contribution < -0.4 is 5.56 Å². The van der Waals surface area contributed by atoms with E-state index in [0.29, 0.717) is 0 Å². The summed E-state index contributed by atoms with van der Waals surface area (Å²) in [6.45, 7) is 3.70. The van der Waals surface area contributed by atoms with Crippen LogP contribution in [-0.2, 0) is 0 Å². The number of aromatic nitrogens is 4. The van der Waals surface area contributed by atoms with Crippen LogP contribution in [0.1, 0.15) is 25.9 Å². The minimum Gasteiger partial charge on any atom is -0.300 e. The molecule has 0 amide bonds. The number of fused-ring (bicyclic) bond motifs is 1. The second-order valence-electron chi connectivity index (χ2n) is 8.27. The van der Waals surface area contributed by atoms with Gasteiger partial charge in [0.05, 0.1) is 18.4 Å². The molecule has 1 aromatic carbocycles. The molecule has 0 spiro atoms. The quantitative estimate of drug-likeness (QED) is 0.495. The van der Waals surface area contributed by atoms with Crippen molar-refractivity contribution in [3.63, 3.8) is 0 Å². The van der Waals surface area contributed by atoms with Crippen molar-refractivity contribution in [2.45, 2.75) is 25.9 Å². The van der Waals surface area contributed by atoms with Crippen LogP contribution in [-0.4, -0.2) is 37.2 Å². The monoisotopic (exact) mass is 424 g/mol. The van der Waals surface area contributed by atoms with Gasteiger partial charge in [0, 0.05) is 54.8 Å². The number of piperidine rings is 1. The maximum Gasteiger partial charge on any atom is 0.252 e. The number of nitrogens with zero attached hydrogens (tertiary/aromatic N) is 6. The third-order valence-corrected chi connectivity index (χ3v) is 6.37. The van der Waals surface area contributed by atoms with Crippen molar-refractivity contribution < 1.29 is 0 Å². The third-order valence-electron chi connectivity index (χ3n) is 6.37. The Labute approximate surface area is 186 Å². The van der Waals surface area contributed by atoms with Crippen LogP contribution in [0.2, 0.25) is 0 Å². The smallest absolute Gasteiger partial charge is 0.252 e. The molecular formula is C25H24N6O. The van der Waals surface area contributed by atoms with Gasteiger partial charge in [0.2, 0.25) is 0 Å². The van der Waals surface area contributed by atoms with Crippen molar-refractivity contribution in [2.75, 3.05) is 13.1 Å². The number of benzene rings is 1. The van der Waals surface area contributed by atoms with Gasteiger partial charge in [0.1, 0.15) is 0 Å². The highest BCUT2D eigenvalue weighted by atomic mass is 16.1. The van der Waals surface area contributed by atoms with Gasteiger partial charge in [-0.15, -0.1) is 0 Å². The first-order chi connectivity index (χ1) is 15.6. The van der Waals surface area contributed by atoms with E-state index >= 15 is 0 Å². The molecule has 1 saturated heterocycles. The van der Waals surface area contributed by atoms with Gasteiger partial charge < -0.3 is 0 Å². The number of hydrogen-bond donors (Lipinski definition) is 0. The summed E-state index contributed by atoms with van der Waals surface area (Å²) >= 11 is 0. The van der Waals surface area contributed by atoms with Crippen LogP contribution in [0.3, 0.4) is 0 Å². The first-order valence-corrected chi connectivity index (χ1v) is 10.9. The van der Waals surface area contributed by atoms with Gasteiger partial charge in [-0.05, 0) is 37.0 Å². The van der Waals surface area contributed by atoms with E-state index in [4.69, 9.17) is 5.26 Å². The molecule has 0 N–H and O–H groups in total. The van der Waals surface area contributed by atoms with Crippen LogP contribution in [0.15, 0.2) is 72.0 Å². The van der Waals surface area contributed by atoms with Crippen LogP contribution in [0.4, 0.5) is 0 Å². The lowest BCUT2D eigenvalue weighted by Gasteiger charge is -2.34. The number of pyridine rings is 1. The van der Waals surface area contributed by atoms with E-state index in [1.54, 1.807) is 21.3 Å². The Kier molecular flexibility index (Phi) is 5.29. The van der Waals surface area contributed by atoms with Crippen LogP contribution in [0, 0.1) is 17.2 Å². The van der Waals surface area contributed by atoms with Crippen molar-refractivity contribution in [1.82, 2.24) is 24.1 Å². The molecule has 7 heteroatoms. The SMILES string of the molecule is CC(N1CCC(C#N)CC1)n1ccc(-c2cnc3c(-c4ccccc4)cnn3c2)cc1=O. The molecule has 0 radical (unpaired) electrons. The molecule has 7 nitrogen and oxygen atoms in total. The van der Waals surface area contributed by atoms with Crippen molar-refractivity contribution in [1.29, 1.82) is 5.26 Å². The molecule has 0 saturated carbocycles. The Morgan fingerprint density at radius 1 is 1.06 bits per heavy atom. The van der Waals surface area contributed by atoms with Gasteiger partial charge >= 0.3 is 0 Å². The fraction of sp³-hybridized carbons (Fsp3) is 0.280. The summed E-state index contributed by atoms with van der Waals surface area (Å²) < 4.78 is 3.51. The largest absolute Gasteiger partial charge is 0.300 e. The topological polar surface area (TPSA) is 79.2 Å². The van der Waals surface area contributed by atoms with E-state index in [9.17, 15) is 4.79 Å². The molecule has 1 unspecified atom stereocenters. The van der Waals surface area contributed by atoms with Crippen molar-refractivity contribution in [3.05, 3.63) is 77.6 Å². The number of hydrogen-bond acceptors (Lipinski definition) is 5. The fourth-order valence-electron chi connectivity index (χ4n) is 4.40. The van der Waals surface area contributed by atoms with Gasteiger partial charge in [-0.3, -0.25) is 14.3 Å². The van der Waals surface area contributed by atoms with Crippen molar-refractivity contribution in [3.8, 4) is 28.3 Å². The van der Waals surface area contributed by atoms with Gasteiger partial charge in [0.15, 0.2) is 5.65 Å². The van der Waals surface area contributed by atoms with E-state index in [1.165, 1.54) is 0 Å². The summed E-state index contributed by atoms with van der Waals surface area (Å²) in [5, 5.41) is 13.6. The molecule has 3 aromatic heterocycles. The van der Waals surface area contributed by atoms with Crippen molar-refractivity contribution in [2.24, 2.45) is 5.92 Å². The second kappa shape index (κ2) is 8.40. The Morgan fingerprint density at radius 3 is 2.56 bits per heavy atom. The molecule has 5 rings (SSSR count). The summed E-state index contributed by atoms with van der Waals surface area (Å²) in [6, 6.07) is 16.0. The highest BCUT2D eigenvalue weighted by Gasteiger charge is 2.23. The molecule has 4 heterocycles. The first-order valence-electron chi connectivity index (χ1n) is 10.9. The van der Waals surface area contributed by atoms with Crippen LogP contribution in [0.25, 0.3) is 27.9 Å². The van der Waals surface area contributed by atoms with E-state index in [0.717, 1.165) is 53.8 Å². The molecule has 4 aromatic rings. The molecular weight excluding hydrogens is 400 g/mol. The second-order valence-corrected chi connectivity index (χ2v) is 8.27. The van der Waals surface area contributed by atoms with E-state index in [-0.39, 0.29) is 17.6 Å². The van der Waals surface area contributed by atoms with E-state index < -0.39 is 0 Å². The van der Waals surface area contributed by atoms with Gasteiger partial charge in [-0.25, -0.2) is 9.50 Å². The normalized spacial score (nSPS) is 16.1. The average Bonchev–Trinajstić information content (AvgIpc) is 3.27.